The van der Waals surface area contributed by atoms with Crippen molar-refractivity contribution in [1.29, 1.82) is 0 Å². The first-order valence-electron chi connectivity index (χ1n) is 9.74. The van der Waals surface area contributed by atoms with Crippen LogP contribution in [0, 0.1) is 5.41 Å². The third kappa shape index (κ3) is 3.05. The molecule has 1 aliphatic heterocycles. The zero-order chi connectivity index (χ0) is 19.9. The number of nitrogens with zero attached hydrogens (tertiary/aromatic N) is 1. The van der Waals surface area contributed by atoms with Gasteiger partial charge in [-0.1, -0.05) is 62.4 Å². The molecule has 1 heterocycles. The molecule has 1 amide bonds. The Hall–Kier alpha value is -2.82. The fourth-order valence-electron chi connectivity index (χ4n) is 4.73. The van der Waals surface area contributed by atoms with Gasteiger partial charge >= 0.3 is 12.1 Å². The fraction of sp³-hybridized carbons (Fsp3) is 0.391. The van der Waals surface area contributed by atoms with E-state index in [-0.39, 0.29) is 12.5 Å². The number of carboxylic acid groups (broad SMARTS) is 1. The molecule has 146 valence electrons. The van der Waals surface area contributed by atoms with E-state index in [0.717, 1.165) is 24.0 Å². The van der Waals surface area contributed by atoms with E-state index in [1.54, 1.807) is 0 Å². The highest BCUT2D eigenvalue weighted by Crippen LogP contribution is 2.44. The summed E-state index contributed by atoms with van der Waals surface area (Å²) in [5, 5.41) is 9.68. The van der Waals surface area contributed by atoms with Crippen molar-refractivity contribution < 1.29 is 19.4 Å². The first-order chi connectivity index (χ1) is 13.4. The molecule has 5 heteroatoms. The number of hydrogen-bond donors (Lipinski definition) is 1. The van der Waals surface area contributed by atoms with Crippen molar-refractivity contribution in [2.24, 2.45) is 5.41 Å². The number of carboxylic acids is 1. The molecule has 1 fully saturated rings. The van der Waals surface area contributed by atoms with Crippen LogP contribution in [-0.2, 0) is 9.53 Å². The topological polar surface area (TPSA) is 66.8 Å². The van der Waals surface area contributed by atoms with E-state index in [9.17, 15) is 14.7 Å². The van der Waals surface area contributed by atoms with E-state index in [2.05, 4.69) is 24.3 Å². The predicted octanol–water partition coefficient (Wildman–Crippen LogP) is 4.51. The highest BCUT2D eigenvalue weighted by atomic mass is 16.6. The van der Waals surface area contributed by atoms with E-state index >= 15 is 0 Å². The number of piperidine rings is 1. The number of likely N-dealkylation sites (tertiary alicyclic amines) is 1. The second-order valence-electron chi connectivity index (χ2n) is 8.33. The summed E-state index contributed by atoms with van der Waals surface area (Å²) in [6.07, 6.45) is 1.01. The van der Waals surface area contributed by atoms with Crippen molar-refractivity contribution in [3.8, 4) is 11.1 Å². The molecule has 0 saturated carbocycles. The minimum Gasteiger partial charge on any atom is -0.480 e. The maximum atomic E-state index is 12.8. The number of aliphatic carboxylic acids is 1. The molecule has 0 radical (unpaired) electrons. The summed E-state index contributed by atoms with van der Waals surface area (Å²) in [6.45, 7) is 4.41. The molecule has 0 bridgehead atoms. The molecule has 2 aromatic rings. The Labute approximate surface area is 164 Å². The number of hydrogen-bond acceptors (Lipinski definition) is 3. The standard InChI is InChI=1S/C23H25NO4/c1-23(2)12-7-13-24(20(23)21(25)26)22(27)28-14-19-17-10-5-3-8-15(17)16-9-4-6-11-18(16)19/h3-6,8-11,19-20H,7,12-14H2,1-2H3,(H,25,26). The van der Waals surface area contributed by atoms with Gasteiger partial charge in [-0.05, 0) is 40.5 Å². The average Bonchev–Trinajstić information content (AvgIpc) is 2.99. The normalized spacial score (nSPS) is 20.4. The largest absolute Gasteiger partial charge is 0.480 e. The summed E-state index contributed by atoms with van der Waals surface area (Å²) in [5.41, 5.74) is 4.15. The van der Waals surface area contributed by atoms with Gasteiger partial charge in [0.1, 0.15) is 12.6 Å². The van der Waals surface area contributed by atoms with Crippen LogP contribution in [0.4, 0.5) is 4.79 Å². The Bertz CT molecular complexity index is 875. The number of benzene rings is 2. The molecule has 5 nitrogen and oxygen atoms in total. The number of fused-ring (bicyclic) bond motifs is 3. The number of ether oxygens (including phenoxy) is 1. The fourth-order valence-corrected chi connectivity index (χ4v) is 4.73. The Balaban J connectivity index is 1.55. The van der Waals surface area contributed by atoms with E-state index in [1.807, 2.05) is 38.1 Å². The van der Waals surface area contributed by atoms with E-state index < -0.39 is 23.5 Å². The molecule has 0 spiro atoms. The lowest BCUT2D eigenvalue weighted by Gasteiger charge is -2.43. The van der Waals surface area contributed by atoms with E-state index in [0.29, 0.717) is 6.54 Å². The third-order valence-corrected chi connectivity index (χ3v) is 6.08. The van der Waals surface area contributed by atoms with Crippen LogP contribution < -0.4 is 0 Å². The van der Waals surface area contributed by atoms with Gasteiger partial charge in [0.05, 0.1) is 0 Å². The van der Waals surface area contributed by atoms with Gasteiger partial charge in [0.25, 0.3) is 0 Å². The monoisotopic (exact) mass is 379 g/mol. The van der Waals surface area contributed by atoms with Crippen LogP contribution in [0.3, 0.4) is 0 Å². The summed E-state index contributed by atoms with van der Waals surface area (Å²) in [6, 6.07) is 15.5. The molecule has 0 aromatic heterocycles. The number of amides is 1. The lowest BCUT2D eigenvalue weighted by Crippen LogP contribution is -2.56. The quantitative estimate of drug-likeness (QED) is 0.852. The summed E-state index contributed by atoms with van der Waals surface area (Å²) in [5.74, 6) is -1.00. The molecular weight excluding hydrogens is 354 g/mol. The van der Waals surface area contributed by atoms with Crippen LogP contribution in [0.1, 0.15) is 43.7 Å². The summed E-state index contributed by atoms with van der Waals surface area (Å²) in [4.78, 5) is 26.0. The van der Waals surface area contributed by atoms with Crippen molar-refractivity contribution in [1.82, 2.24) is 4.90 Å². The lowest BCUT2D eigenvalue weighted by molar-refractivity contribution is -0.149. The number of rotatable bonds is 3. The van der Waals surface area contributed by atoms with Gasteiger partial charge in [-0.3, -0.25) is 4.90 Å². The van der Waals surface area contributed by atoms with Gasteiger partial charge in [-0.15, -0.1) is 0 Å². The van der Waals surface area contributed by atoms with Gasteiger partial charge in [0.2, 0.25) is 0 Å². The van der Waals surface area contributed by atoms with Crippen molar-refractivity contribution in [3.63, 3.8) is 0 Å². The minimum atomic E-state index is -0.974. The van der Waals surface area contributed by atoms with Crippen LogP contribution in [0.2, 0.25) is 0 Å². The van der Waals surface area contributed by atoms with Crippen LogP contribution in [0.5, 0.6) is 0 Å². The second kappa shape index (κ2) is 6.97. The van der Waals surface area contributed by atoms with E-state index in [4.69, 9.17) is 4.74 Å². The van der Waals surface area contributed by atoms with Gasteiger partial charge in [0, 0.05) is 12.5 Å². The van der Waals surface area contributed by atoms with Crippen LogP contribution in [0.25, 0.3) is 11.1 Å². The maximum Gasteiger partial charge on any atom is 0.410 e. The van der Waals surface area contributed by atoms with Crippen molar-refractivity contribution in [2.75, 3.05) is 13.2 Å². The number of carbonyl (C=O) groups is 2. The summed E-state index contributed by atoms with van der Waals surface area (Å²) < 4.78 is 5.68. The molecule has 1 aliphatic carbocycles. The zero-order valence-electron chi connectivity index (χ0n) is 16.2. The van der Waals surface area contributed by atoms with E-state index in [1.165, 1.54) is 16.0 Å². The highest BCUT2D eigenvalue weighted by molar-refractivity contribution is 5.82. The Morgan fingerprint density at radius 2 is 1.64 bits per heavy atom. The summed E-state index contributed by atoms with van der Waals surface area (Å²) >= 11 is 0. The highest BCUT2D eigenvalue weighted by Gasteiger charge is 2.45. The molecule has 2 aromatic carbocycles. The van der Waals surface area contributed by atoms with Gasteiger partial charge in [-0.2, -0.15) is 0 Å². The summed E-state index contributed by atoms with van der Waals surface area (Å²) in [7, 11) is 0. The molecule has 1 saturated heterocycles. The predicted molar refractivity (Wildman–Crippen MR) is 106 cm³/mol. The van der Waals surface area contributed by atoms with Gasteiger partial charge < -0.3 is 9.84 Å². The third-order valence-electron chi connectivity index (χ3n) is 6.08. The Morgan fingerprint density at radius 3 is 2.21 bits per heavy atom. The molecule has 2 aliphatic rings. The molecular formula is C23H25NO4. The van der Waals surface area contributed by atoms with Gasteiger partial charge in [0.15, 0.2) is 0 Å². The lowest BCUT2D eigenvalue weighted by atomic mass is 9.76. The molecule has 1 N–H and O–H groups in total. The molecule has 28 heavy (non-hydrogen) atoms. The minimum absolute atomic E-state index is 0.0302. The van der Waals surface area contributed by atoms with Crippen molar-refractivity contribution in [2.45, 2.75) is 38.6 Å². The van der Waals surface area contributed by atoms with Crippen molar-refractivity contribution >= 4 is 12.1 Å². The van der Waals surface area contributed by atoms with Crippen LogP contribution in [0.15, 0.2) is 48.5 Å². The zero-order valence-corrected chi connectivity index (χ0v) is 16.2. The maximum absolute atomic E-state index is 12.8. The van der Waals surface area contributed by atoms with Crippen LogP contribution >= 0.6 is 0 Å². The second-order valence-corrected chi connectivity index (χ2v) is 8.33. The molecule has 1 atom stereocenters. The Morgan fingerprint density at radius 1 is 1.07 bits per heavy atom. The SMILES string of the molecule is CC1(C)CCCN(C(=O)OCC2c3ccccc3-c3ccccc32)C1C(=O)O. The molecule has 4 rings (SSSR count). The van der Waals surface area contributed by atoms with Crippen molar-refractivity contribution in [3.05, 3.63) is 59.7 Å². The first-order valence-corrected chi connectivity index (χ1v) is 9.74. The first kappa shape index (κ1) is 18.5. The smallest absolute Gasteiger partial charge is 0.410 e. The Kier molecular flexibility index (Phi) is 4.61. The van der Waals surface area contributed by atoms with Crippen LogP contribution in [-0.4, -0.2) is 41.3 Å². The average molecular weight is 379 g/mol. The number of carbonyl (C=O) groups excluding carboxylic acids is 1. The molecule has 1 unspecified atom stereocenters. The van der Waals surface area contributed by atoms with Gasteiger partial charge in [-0.25, -0.2) is 9.59 Å².